The van der Waals surface area contributed by atoms with Crippen LogP contribution in [0.15, 0.2) is 29.2 Å². The van der Waals surface area contributed by atoms with E-state index in [1.54, 1.807) is 0 Å². The first-order chi connectivity index (χ1) is 9.72. The summed E-state index contributed by atoms with van der Waals surface area (Å²) in [6.07, 6.45) is -4.34. The van der Waals surface area contributed by atoms with Gasteiger partial charge in [0.2, 0.25) is 10.0 Å². The molecular formula is C12H15F3N2O3S. The Hall–Kier alpha value is -1.32. The lowest BCUT2D eigenvalue weighted by Crippen LogP contribution is -2.38. The summed E-state index contributed by atoms with van der Waals surface area (Å²) in [5, 5.41) is 3.01. The lowest BCUT2D eigenvalue weighted by molar-refractivity contribution is -0.275. The third kappa shape index (κ3) is 3.66. The van der Waals surface area contributed by atoms with E-state index >= 15 is 0 Å². The molecule has 0 saturated carbocycles. The second-order valence-electron chi connectivity index (χ2n) is 4.66. The summed E-state index contributed by atoms with van der Waals surface area (Å²) < 4.78 is 67.0. The van der Waals surface area contributed by atoms with Gasteiger partial charge in [-0.1, -0.05) is 12.1 Å². The highest BCUT2D eigenvalue weighted by molar-refractivity contribution is 7.89. The quantitative estimate of drug-likeness (QED) is 0.913. The Morgan fingerprint density at radius 1 is 1.33 bits per heavy atom. The van der Waals surface area contributed by atoms with E-state index in [0.29, 0.717) is 19.5 Å². The van der Waals surface area contributed by atoms with Gasteiger partial charge in [-0.15, -0.1) is 13.2 Å². The van der Waals surface area contributed by atoms with Crippen LogP contribution in [0, 0.1) is 0 Å². The Balaban J connectivity index is 2.35. The molecule has 118 valence electrons. The minimum atomic E-state index is -4.95. The first kappa shape index (κ1) is 16.1. The zero-order chi connectivity index (χ0) is 15.7. The number of sulfonamides is 1. The van der Waals surface area contributed by atoms with Crippen LogP contribution >= 0.6 is 0 Å². The molecule has 1 atom stereocenters. The number of nitrogens with one attached hydrogen (secondary N) is 1. The van der Waals surface area contributed by atoms with Crippen molar-refractivity contribution in [3.63, 3.8) is 0 Å². The van der Waals surface area contributed by atoms with Crippen molar-refractivity contribution in [2.24, 2.45) is 0 Å². The third-order valence-corrected chi connectivity index (χ3v) is 5.23. The monoisotopic (exact) mass is 324 g/mol. The van der Waals surface area contributed by atoms with E-state index in [1.165, 1.54) is 19.2 Å². The summed E-state index contributed by atoms with van der Waals surface area (Å²) in [6.45, 7) is 1.14. The number of hydrogen-bond donors (Lipinski definition) is 1. The number of benzene rings is 1. The summed E-state index contributed by atoms with van der Waals surface area (Å²) in [5.41, 5.74) is 0. The molecular weight excluding hydrogens is 309 g/mol. The van der Waals surface area contributed by atoms with E-state index in [9.17, 15) is 21.6 Å². The molecule has 1 N–H and O–H groups in total. The Morgan fingerprint density at radius 2 is 2.00 bits per heavy atom. The lowest BCUT2D eigenvalue weighted by Gasteiger charge is -2.24. The summed E-state index contributed by atoms with van der Waals surface area (Å²) in [5.74, 6) is -0.720. The smallest absolute Gasteiger partial charge is 0.404 e. The third-order valence-electron chi connectivity index (χ3n) is 3.28. The Kier molecular flexibility index (Phi) is 4.45. The molecule has 1 aromatic rings. The fourth-order valence-corrected chi connectivity index (χ4v) is 3.67. The number of hydrogen-bond acceptors (Lipinski definition) is 4. The molecule has 1 aliphatic heterocycles. The average molecular weight is 324 g/mol. The molecule has 1 aromatic carbocycles. The SMILES string of the molecule is CN([C@H]1CCNC1)S(=O)(=O)c1ccccc1OC(F)(F)F. The molecule has 0 aromatic heterocycles. The van der Waals surface area contributed by atoms with Crippen LogP contribution in [0.5, 0.6) is 5.75 Å². The van der Waals surface area contributed by atoms with E-state index in [2.05, 4.69) is 10.1 Å². The van der Waals surface area contributed by atoms with Crippen molar-refractivity contribution >= 4 is 10.0 Å². The second-order valence-corrected chi connectivity index (χ2v) is 6.63. The minimum Gasteiger partial charge on any atom is -0.404 e. The number of likely N-dealkylation sites (N-methyl/N-ethyl adjacent to an activating group) is 1. The van der Waals surface area contributed by atoms with Gasteiger partial charge in [-0.05, 0) is 25.1 Å². The standard InChI is InChI=1S/C12H15F3N2O3S/c1-17(9-6-7-16-8-9)21(18,19)11-5-3-2-4-10(11)20-12(13,14)15/h2-5,9,16H,6-8H2,1H3/t9-/m0/s1. The number of ether oxygens (including phenoxy) is 1. The van der Waals surface area contributed by atoms with Crippen LogP contribution in [0.1, 0.15) is 6.42 Å². The highest BCUT2D eigenvalue weighted by atomic mass is 32.2. The van der Waals surface area contributed by atoms with Crippen molar-refractivity contribution in [1.29, 1.82) is 0 Å². The zero-order valence-corrected chi connectivity index (χ0v) is 12.0. The van der Waals surface area contributed by atoms with E-state index in [1.807, 2.05) is 0 Å². The van der Waals surface area contributed by atoms with Crippen LogP contribution in [0.25, 0.3) is 0 Å². The Labute approximate surface area is 120 Å². The maximum atomic E-state index is 12.5. The highest BCUT2D eigenvalue weighted by Gasteiger charge is 2.36. The second kappa shape index (κ2) is 5.82. The summed E-state index contributed by atoms with van der Waals surface area (Å²) in [6, 6.07) is 4.46. The number of halogens is 3. The molecule has 0 amide bonds. The van der Waals surface area contributed by atoms with Crippen LogP contribution in [-0.4, -0.2) is 45.3 Å². The van der Waals surface area contributed by atoms with Crippen LogP contribution in [0.4, 0.5) is 13.2 Å². The average Bonchev–Trinajstić information content (AvgIpc) is 2.90. The first-order valence-corrected chi connectivity index (χ1v) is 7.69. The highest BCUT2D eigenvalue weighted by Crippen LogP contribution is 2.31. The normalized spacial score (nSPS) is 20.0. The van der Waals surface area contributed by atoms with Crippen LogP contribution in [0.3, 0.4) is 0 Å². The van der Waals surface area contributed by atoms with Crippen molar-refractivity contribution < 1.29 is 26.3 Å². The predicted molar refractivity (Wildman–Crippen MR) is 69.3 cm³/mol. The number of nitrogens with zero attached hydrogens (tertiary/aromatic N) is 1. The zero-order valence-electron chi connectivity index (χ0n) is 11.2. The van der Waals surface area contributed by atoms with E-state index in [4.69, 9.17) is 0 Å². The molecule has 2 rings (SSSR count). The molecule has 1 aliphatic rings. The fourth-order valence-electron chi connectivity index (χ4n) is 2.17. The molecule has 5 nitrogen and oxygen atoms in total. The molecule has 1 fully saturated rings. The van der Waals surface area contributed by atoms with Crippen molar-refractivity contribution in [2.75, 3.05) is 20.1 Å². The van der Waals surface area contributed by atoms with E-state index in [0.717, 1.165) is 16.4 Å². The molecule has 0 aliphatic carbocycles. The van der Waals surface area contributed by atoms with Crippen LogP contribution in [0.2, 0.25) is 0 Å². The maximum absolute atomic E-state index is 12.5. The summed E-state index contributed by atoms with van der Waals surface area (Å²) in [7, 11) is -2.70. The molecule has 0 radical (unpaired) electrons. The van der Waals surface area contributed by atoms with Gasteiger partial charge in [0, 0.05) is 19.6 Å². The largest absolute Gasteiger partial charge is 0.573 e. The topological polar surface area (TPSA) is 58.6 Å². The van der Waals surface area contributed by atoms with Gasteiger partial charge in [-0.3, -0.25) is 0 Å². The number of rotatable bonds is 4. The van der Waals surface area contributed by atoms with Crippen molar-refractivity contribution in [3.8, 4) is 5.75 Å². The predicted octanol–water partition coefficient (Wildman–Crippen LogP) is 1.57. The molecule has 1 saturated heterocycles. The fraction of sp³-hybridized carbons (Fsp3) is 0.500. The van der Waals surface area contributed by atoms with Gasteiger partial charge in [-0.25, -0.2) is 8.42 Å². The van der Waals surface area contributed by atoms with Crippen LogP contribution < -0.4 is 10.1 Å². The van der Waals surface area contributed by atoms with E-state index in [-0.39, 0.29) is 6.04 Å². The lowest BCUT2D eigenvalue weighted by atomic mass is 10.3. The summed E-state index contributed by atoms with van der Waals surface area (Å²) in [4.78, 5) is -0.489. The van der Waals surface area contributed by atoms with Gasteiger partial charge in [0.15, 0.2) is 0 Å². The van der Waals surface area contributed by atoms with E-state index < -0.39 is 27.0 Å². The molecule has 0 spiro atoms. The van der Waals surface area contributed by atoms with Crippen molar-refractivity contribution in [2.45, 2.75) is 23.7 Å². The molecule has 21 heavy (non-hydrogen) atoms. The van der Waals surface area contributed by atoms with Gasteiger partial charge >= 0.3 is 6.36 Å². The van der Waals surface area contributed by atoms with Gasteiger partial charge < -0.3 is 10.1 Å². The van der Waals surface area contributed by atoms with Crippen molar-refractivity contribution in [3.05, 3.63) is 24.3 Å². The number of para-hydroxylation sites is 1. The minimum absolute atomic E-state index is 0.283. The maximum Gasteiger partial charge on any atom is 0.573 e. The Bertz CT molecular complexity index is 598. The van der Waals surface area contributed by atoms with Gasteiger partial charge in [0.1, 0.15) is 10.6 Å². The van der Waals surface area contributed by atoms with Gasteiger partial charge in [-0.2, -0.15) is 4.31 Å². The molecule has 1 heterocycles. The summed E-state index contributed by atoms with van der Waals surface area (Å²) >= 11 is 0. The van der Waals surface area contributed by atoms with Crippen LogP contribution in [-0.2, 0) is 10.0 Å². The number of alkyl halides is 3. The molecule has 0 unspecified atom stereocenters. The molecule has 9 heteroatoms. The van der Waals surface area contributed by atoms with Gasteiger partial charge in [0.05, 0.1) is 0 Å². The van der Waals surface area contributed by atoms with Gasteiger partial charge in [0.25, 0.3) is 0 Å². The first-order valence-electron chi connectivity index (χ1n) is 6.25. The molecule has 0 bridgehead atoms. The Morgan fingerprint density at radius 3 is 2.57 bits per heavy atom. The van der Waals surface area contributed by atoms with Crippen molar-refractivity contribution in [1.82, 2.24) is 9.62 Å².